The number of hydrogen-bond donors (Lipinski definition) is 2. The van der Waals surface area contributed by atoms with E-state index in [-0.39, 0.29) is 5.91 Å². The first-order valence-electron chi connectivity index (χ1n) is 7.18. The van der Waals surface area contributed by atoms with Crippen molar-refractivity contribution in [2.75, 3.05) is 5.32 Å². The van der Waals surface area contributed by atoms with Gasteiger partial charge in [-0.3, -0.25) is 4.79 Å². The molecule has 0 fully saturated rings. The molecule has 2 N–H and O–H groups in total. The highest BCUT2D eigenvalue weighted by Crippen LogP contribution is 2.17. The van der Waals surface area contributed by atoms with Crippen molar-refractivity contribution in [1.82, 2.24) is 0 Å². The third-order valence-electron chi connectivity index (χ3n) is 3.54. The van der Waals surface area contributed by atoms with E-state index >= 15 is 0 Å². The first-order chi connectivity index (χ1) is 10.1. The van der Waals surface area contributed by atoms with Crippen molar-refractivity contribution in [1.29, 1.82) is 0 Å². The summed E-state index contributed by atoms with van der Waals surface area (Å²) in [5, 5.41) is 12.4. The highest BCUT2D eigenvalue weighted by molar-refractivity contribution is 5.90. The fourth-order valence-corrected chi connectivity index (χ4v) is 2.24. The highest BCUT2D eigenvalue weighted by Gasteiger charge is 2.06. The molecule has 0 aliphatic heterocycles. The van der Waals surface area contributed by atoms with Crippen LogP contribution in [0.2, 0.25) is 0 Å². The zero-order chi connectivity index (χ0) is 15.2. The predicted octanol–water partition coefficient (Wildman–Crippen LogP) is 3.62. The monoisotopic (exact) mass is 283 g/mol. The molecule has 21 heavy (non-hydrogen) atoms. The Balaban J connectivity index is 1.93. The molecule has 1 unspecified atom stereocenters. The van der Waals surface area contributed by atoms with Crippen molar-refractivity contribution in [3.05, 3.63) is 65.2 Å². The molecule has 0 aliphatic carbocycles. The van der Waals surface area contributed by atoms with Gasteiger partial charge >= 0.3 is 0 Å². The number of anilines is 1. The fraction of sp³-hybridized carbons (Fsp3) is 0.278. The van der Waals surface area contributed by atoms with Crippen molar-refractivity contribution in [3.8, 4) is 0 Å². The summed E-state index contributed by atoms with van der Waals surface area (Å²) < 4.78 is 0. The third-order valence-corrected chi connectivity index (χ3v) is 3.54. The van der Waals surface area contributed by atoms with Gasteiger partial charge < -0.3 is 10.4 Å². The second-order valence-corrected chi connectivity index (χ2v) is 5.28. The second kappa shape index (κ2) is 7.04. The Labute approximate surface area is 125 Å². The Morgan fingerprint density at radius 2 is 1.95 bits per heavy atom. The molecule has 1 atom stereocenters. The summed E-state index contributed by atoms with van der Waals surface area (Å²) >= 11 is 0. The van der Waals surface area contributed by atoms with E-state index in [2.05, 4.69) is 24.4 Å². The minimum Gasteiger partial charge on any atom is -0.389 e. The van der Waals surface area contributed by atoms with Gasteiger partial charge in [0.2, 0.25) is 5.91 Å². The van der Waals surface area contributed by atoms with Crippen LogP contribution in [0.25, 0.3) is 0 Å². The van der Waals surface area contributed by atoms with Crippen molar-refractivity contribution in [3.63, 3.8) is 0 Å². The van der Waals surface area contributed by atoms with Gasteiger partial charge in [-0.2, -0.15) is 0 Å². The quantitative estimate of drug-likeness (QED) is 0.880. The lowest BCUT2D eigenvalue weighted by molar-refractivity contribution is -0.116. The van der Waals surface area contributed by atoms with E-state index in [0.717, 1.165) is 17.7 Å². The fourth-order valence-electron chi connectivity index (χ4n) is 2.24. The van der Waals surface area contributed by atoms with Crippen LogP contribution in [-0.2, 0) is 11.2 Å². The minimum atomic E-state index is -0.533. The van der Waals surface area contributed by atoms with Gasteiger partial charge in [0, 0.05) is 12.1 Å². The van der Waals surface area contributed by atoms with E-state index in [1.54, 1.807) is 13.0 Å². The lowest BCUT2D eigenvalue weighted by atomic mass is 10.0. The van der Waals surface area contributed by atoms with Crippen LogP contribution in [0.15, 0.2) is 48.5 Å². The Morgan fingerprint density at radius 1 is 1.19 bits per heavy atom. The summed E-state index contributed by atoms with van der Waals surface area (Å²) in [6, 6.07) is 15.4. The summed E-state index contributed by atoms with van der Waals surface area (Å²) in [6.07, 6.45) is 0.645. The maximum atomic E-state index is 12.0. The van der Waals surface area contributed by atoms with Crippen LogP contribution in [0.4, 0.5) is 5.69 Å². The van der Waals surface area contributed by atoms with Crippen molar-refractivity contribution >= 4 is 11.6 Å². The maximum Gasteiger partial charge on any atom is 0.224 e. The zero-order valence-corrected chi connectivity index (χ0v) is 12.5. The van der Waals surface area contributed by atoms with Gasteiger partial charge in [-0.25, -0.2) is 0 Å². The van der Waals surface area contributed by atoms with Gasteiger partial charge in [0.15, 0.2) is 0 Å². The summed E-state index contributed by atoms with van der Waals surface area (Å²) in [4.78, 5) is 12.0. The number of carbonyl (C=O) groups is 1. The number of aliphatic hydroxyl groups excluding tert-OH is 1. The number of rotatable bonds is 5. The molecule has 2 rings (SSSR count). The Hall–Kier alpha value is -2.13. The number of hydrogen-bond acceptors (Lipinski definition) is 2. The van der Waals surface area contributed by atoms with E-state index in [9.17, 15) is 9.90 Å². The summed E-state index contributed by atoms with van der Waals surface area (Å²) in [5.74, 6) is -0.0130. The molecule has 0 aliphatic rings. The average Bonchev–Trinajstić information content (AvgIpc) is 2.46. The molecule has 0 bridgehead atoms. The number of amides is 1. The van der Waals surface area contributed by atoms with Crippen molar-refractivity contribution in [2.24, 2.45) is 0 Å². The molecule has 2 aromatic carbocycles. The Morgan fingerprint density at radius 3 is 2.67 bits per heavy atom. The number of nitrogens with one attached hydrogen (secondary N) is 1. The lowest BCUT2D eigenvalue weighted by Gasteiger charge is -2.09. The van der Waals surface area contributed by atoms with E-state index in [1.165, 1.54) is 11.1 Å². The summed E-state index contributed by atoms with van der Waals surface area (Å²) in [7, 11) is 0. The molecule has 0 aromatic heterocycles. The van der Waals surface area contributed by atoms with Crippen LogP contribution in [0, 0.1) is 6.92 Å². The van der Waals surface area contributed by atoms with E-state index in [4.69, 9.17) is 0 Å². The van der Waals surface area contributed by atoms with Crippen molar-refractivity contribution in [2.45, 2.75) is 32.8 Å². The number of aryl methyl sites for hydroxylation is 2. The average molecular weight is 283 g/mol. The maximum absolute atomic E-state index is 12.0. The van der Waals surface area contributed by atoms with Crippen LogP contribution in [0.1, 0.15) is 36.1 Å². The number of benzene rings is 2. The molecule has 0 saturated carbocycles. The first-order valence-corrected chi connectivity index (χ1v) is 7.18. The molecule has 1 amide bonds. The Kier molecular flexibility index (Phi) is 5.12. The van der Waals surface area contributed by atoms with Crippen LogP contribution in [0.3, 0.4) is 0 Å². The predicted molar refractivity (Wildman–Crippen MR) is 85.2 cm³/mol. The van der Waals surface area contributed by atoms with Gasteiger partial charge in [0.1, 0.15) is 0 Å². The number of aliphatic hydroxyl groups is 1. The third kappa shape index (κ3) is 4.43. The lowest BCUT2D eigenvalue weighted by Crippen LogP contribution is -2.12. The second-order valence-electron chi connectivity index (χ2n) is 5.28. The molecule has 2 aromatic rings. The van der Waals surface area contributed by atoms with Crippen LogP contribution in [0.5, 0.6) is 0 Å². The topological polar surface area (TPSA) is 49.3 Å². The van der Waals surface area contributed by atoms with Gasteiger partial charge in [0.25, 0.3) is 0 Å². The van der Waals surface area contributed by atoms with Crippen LogP contribution >= 0.6 is 0 Å². The van der Waals surface area contributed by atoms with Gasteiger partial charge in [-0.1, -0.05) is 36.4 Å². The normalized spacial score (nSPS) is 12.0. The largest absolute Gasteiger partial charge is 0.389 e. The van der Waals surface area contributed by atoms with Gasteiger partial charge in [-0.05, 0) is 49.1 Å². The SMILES string of the molecule is Cc1ccccc1CCC(=O)Nc1cccc(C(C)O)c1. The van der Waals surface area contributed by atoms with Gasteiger partial charge in [0.05, 0.1) is 6.10 Å². The van der Waals surface area contributed by atoms with E-state index < -0.39 is 6.10 Å². The molecule has 0 heterocycles. The van der Waals surface area contributed by atoms with Crippen LogP contribution < -0.4 is 5.32 Å². The van der Waals surface area contributed by atoms with E-state index in [0.29, 0.717) is 6.42 Å². The smallest absolute Gasteiger partial charge is 0.224 e. The van der Waals surface area contributed by atoms with Gasteiger partial charge in [-0.15, -0.1) is 0 Å². The molecular weight excluding hydrogens is 262 g/mol. The molecule has 0 spiro atoms. The summed E-state index contributed by atoms with van der Waals surface area (Å²) in [6.45, 7) is 3.76. The van der Waals surface area contributed by atoms with E-state index in [1.807, 2.05) is 30.3 Å². The Bertz CT molecular complexity index is 620. The molecule has 3 heteroatoms. The standard InChI is InChI=1S/C18H21NO2/c1-13-6-3-4-7-15(13)10-11-18(21)19-17-9-5-8-16(12-17)14(2)20/h3-9,12,14,20H,10-11H2,1-2H3,(H,19,21). The molecule has 0 radical (unpaired) electrons. The zero-order valence-electron chi connectivity index (χ0n) is 12.5. The minimum absolute atomic E-state index is 0.0130. The first kappa shape index (κ1) is 15.3. The number of carbonyl (C=O) groups excluding carboxylic acids is 1. The van der Waals surface area contributed by atoms with Crippen molar-refractivity contribution < 1.29 is 9.90 Å². The molecular formula is C18H21NO2. The van der Waals surface area contributed by atoms with Crippen LogP contribution in [-0.4, -0.2) is 11.0 Å². The highest BCUT2D eigenvalue weighted by atomic mass is 16.3. The summed E-state index contributed by atoms with van der Waals surface area (Å²) in [5.41, 5.74) is 3.93. The molecule has 0 saturated heterocycles. The molecule has 110 valence electrons. The molecule has 3 nitrogen and oxygen atoms in total.